The Balaban J connectivity index is 0.00000392. The van der Waals surface area contributed by atoms with Crippen LogP contribution in [0.1, 0.15) is 40.5 Å². The average Bonchev–Trinajstić information content (AvgIpc) is 3.15. The molecule has 2 unspecified atom stereocenters. The summed E-state index contributed by atoms with van der Waals surface area (Å²) in [6.45, 7) is 14.2. The lowest BCUT2D eigenvalue weighted by molar-refractivity contribution is 0.0258. The number of guanidine groups is 1. The number of nitrogens with zero attached hydrogens (tertiary/aromatic N) is 2. The molecule has 0 radical (unpaired) electrons. The average molecular weight is 502 g/mol. The summed E-state index contributed by atoms with van der Waals surface area (Å²) in [5.41, 5.74) is 1.32. The van der Waals surface area contributed by atoms with Crippen LogP contribution in [0.2, 0.25) is 0 Å². The molecule has 1 aliphatic heterocycles. The molecule has 1 saturated heterocycles. The van der Waals surface area contributed by atoms with Crippen molar-refractivity contribution in [2.75, 3.05) is 44.2 Å². The summed E-state index contributed by atoms with van der Waals surface area (Å²) in [6, 6.07) is 10.7. The third-order valence-electron chi connectivity index (χ3n) is 5.10. The van der Waals surface area contributed by atoms with Crippen LogP contribution in [0.25, 0.3) is 0 Å². The molecule has 5 nitrogen and oxygen atoms in total. The Morgan fingerprint density at radius 2 is 1.96 bits per heavy atom. The van der Waals surface area contributed by atoms with Gasteiger partial charge in [-0.3, -0.25) is 4.99 Å². The summed E-state index contributed by atoms with van der Waals surface area (Å²) in [4.78, 5) is 7.31. The molecule has 0 bridgehead atoms. The Bertz CT molecular complexity index is 553. The van der Waals surface area contributed by atoms with Gasteiger partial charge in [-0.1, -0.05) is 32.0 Å². The highest BCUT2D eigenvalue weighted by molar-refractivity contribution is 14.0. The molecule has 28 heavy (non-hydrogen) atoms. The van der Waals surface area contributed by atoms with Crippen LogP contribution >= 0.6 is 24.0 Å². The van der Waals surface area contributed by atoms with Crippen molar-refractivity contribution in [3.63, 3.8) is 0 Å². The maximum atomic E-state index is 5.83. The third kappa shape index (κ3) is 8.55. The van der Waals surface area contributed by atoms with E-state index >= 15 is 0 Å². The monoisotopic (exact) mass is 502 g/mol. The van der Waals surface area contributed by atoms with E-state index in [1.54, 1.807) is 0 Å². The molecule has 1 aromatic rings. The van der Waals surface area contributed by atoms with Crippen LogP contribution in [0.15, 0.2) is 35.3 Å². The molecule has 2 N–H and O–H groups in total. The zero-order valence-corrected chi connectivity index (χ0v) is 20.3. The quantitative estimate of drug-likeness (QED) is 0.287. The second kappa shape index (κ2) is 14.0. The predicted octanol–water partition coefficient (Wildman–Crippen LogP) is 4.14. The number of anilines is 1. The zero-order valence-electron chi connectivity index (χ0n) is 18.0. The maximum Gasteiger partial charge on any atom is 0.191 e. The summed E-state index contributed by atoms with van der Waals surface area (Å²) in [5, 5.41) is 6.85. The zero-order chi connectivity index (χ0) is 19.5. The summed E-state index contributed by atoms with van der Waals surface area (Å²) < 4.78 is 5.83. The molecule has 1 aromatic carbocycles. The molecule has 1 aliphatic rings. The van der Waals surface area contributed by atoms with E-state index < -0.39 is 0 Å². The van der Waals surface area contributed by atoms with Crippen LogP contribution in [0.3, 0.4) is 0 Å². The molecule has 0 aromatic heterocycles. The van der Waals surface area contributed by atoms with Gasteiger partial charge in [-0.15, -0.1) is 24.0 Å². The number of para-hydroxylation sites is 1. The van der Waals surface area contributed by atoms with E-state index in [4.69, 9.17) is 9.73 Å². The molecule has 160 valence electrons. The van der Waals surface area contributed by atoms with Crippen molar-refractivity contribution in [2.45, 2.75) is 46.6 Å². The van der Waals surface area contributed by atoms with Crippen molar-refractivity contribution in [3.8, 4) is 0 Å². The van der Waals surface area contributed by atoms with E-state index in [0.29, 0.717) is 17.9 Å². The topological polar surface area (TPSA) is 48.9 Å². The fraction of sp³-hybridized carbons (Fsp3) is 0.682. The van der Waals surface area contributed by atoms with Crippen LogP contribution < -0.4 is 15.5 Å². The molecule has 0 amide bonds. The van der Waals surface area contributed by atoms with Gasteiger partial charge >= 0.3 is 0 Å². The standard InChI is InChI=1S/C22H38N4O.HI/c1-5-23-22(24-14-12-21(18(3)4)27-6-2)25-16-19-13-15-26(17-19)20-10-8-7-9-11-20;/h7-11,18-19,21H,5-6,12-17H2,1-4H3,(H2,23,24,25);1H. The Morgan fingerprint density at radius 1 is 1.21 bits per heavy atom. The lowest BCUT2D eigenvalue weighted by Gasteiger charge is -2.21. The molecule has 2 atom stereocenters. The summed E-state index contributed by atoms with van der Waals surface area (Å²) in [7, 11) is 0. The molecule has 1 fully saturated rings. The van der Waals surface area contributed by atoms with Gasteiger partial charge in [-0.2, -0.15) is 0 Å². The van der Waals surface area contributed by atoms with Gasteiger partial charge in [0.2, 0.25) is 0 Å². The molecule has 1 heterocycles. The number of hydrogen-bond acceptors (Lipinski definition) is 3. The number of benzene rings is 1. The molecule has 2 rings (SSSR count). The van der Waals surface area contributed by atoms with E-state index in [-0.39, 0.29) is 24.0 Å². The van der Waals surface area contributed by atoms with Crippen LogP contribution in [-0.2, 0) is 4.74 Å². The van der Waals surface area contributed by atoms with Crippen molar-refractivity contribution >= 4 is 35.6 Å². The largest absolute Gasteiger partial charge is 0.378 e. The normalized spacial score (nSPS) is 18.1. The van der Waals surface area contributed by atoms with Crippen LogP contribution in [-0.4, -0.2) is 51.4 Å². The van der Waals surface area contributed by atoms with Crippen LogP contribution in [0, 0.1) is 11.8 Å². The van der Waals surface area contributed by atoms with Crippen LogP contribution in [0.4, 0.5) is 5.69 Å². The molecule has 6 heteroatoms. The maximum absolute atomic E-state index is 5.83. The number of hydrogen-bond donors (Lipinski definition) is 2. The van der Waals surface area contributed by atoms with Gasteiger partial charge in [-0.25, -0.2) is 0 Å². The third-order valence-corrected chi connectivity index (χ3v) is 5.10. The van der Waals surface area contributed by atoms with E-state index in [1.807, 2.05) is 0 Å². The summed E-state index contributed by atoms with van der Waals surface area (Å²) >= 11 is 0. The van der Waals surface area contributed by atoms with Crippen molar-refractivity contribution in [2.24, 2.45) is 16.8 Å². The van der Waals surface area contributed by atoms with Gasteiger partial charge in [0, 0.05) is 45.0 Å². The molecule has 0 aliphatic carbocycles. The Kier molecular flexibility index (Phi) is 12.5. The second-order valence-corrected chi connectivity index (χ2v) is 7.61. The number of ether oxygens (including phenoxy) is 1. The Labute approximate surface area is 188 Å². The SMILES string of the molecule is CCNC(=NCC1CCN(c2ccccc2)C1)NCCC(OCC)C(C)C.I. The lowest BCUT2D eigenvalue weighted by atomic mass is 10.0. The van der Waals surface area contributed by atoms with Crippen molar-refractivity contribution in [3.05, 3.63) is 30.3 Å². The predicted molar refractivity (Wildman–Crippen MR) is 131 cm³/mol. The highest BCUT2D eigenvalue weighted by Crippen LogP contribution is 2.23. The lowest BCUT2D eigenvalue weighted by Crippen LogP contribution is -2.39. The summed E-state index contributed by atoms with van der Waals surface area (Å²) in [5.74, 6) is 2.08. The van der Waals surface area contributed by atoms with E-state index in [0.717, 1.165) is 51.7 Å². The number of halogens is 1. The number of nitrogens with one attached hydrogen (secondary N) is 2. The first-order valence-corrected chi connectivity index (χ1v) is 10.6. The van der Waals surface area contributed by atoms with Gasteiger partial charge in [0.1, 0.15) is 0 Å². The Morgan fingerprint density at radius 3 is 2.61 bits per heavy atom. The number of aliphatic imine (C=N–C) groups is 1. The van der Waals surface area contributed by atoms with Gasteiger partial charge in [-0.05, 0) is 50.7 Å². The first-order chi connectivity index (χ1) is 13.1. The second-order valence-electron chi connectivity index (χ2n) is 7.61. The van der Waals surface area contributed by atoms with Crippen molar-refractivity contribution in [1.82, 2.24) is 10.6 Å². The van der Waals surface area contributed by atoms with Gasteiger partial charge in [0.05, 0.1) is 6.10 Å². The minimum absolute atomic E-state index is 0. The minimum atomic E-state index is 0. The van der Waals surface area contributed by atoms with E-state index in [9.17, 15) is 0 Å². The van der Waals surface area contributed by atoms with Crippen molar-refractivity contribution < 1.29 is 4.74 Å². The molecular weight excluding hydrogens is 463 g/mol. The molecule has 0 saturated carbocycles. The smallest absolute Gasteiger partial charge is 0.191 e. The van der Waals surface area contributed by atoms with Gasteiger partial charge in [0.25, 0.3) is 0 Å². The van der Waals surface area contributed by atoms with Crippen molar-refractivity contribution in [1.29, 1.82) is 0 Å². The summed E-state index contributed by atoms with van der Waals surface area (Å²) in [6.07, 6.45) is 2.51. The first-order valence-electron chi connectivity index (χ1n) is 10.6. The van der Waals surface area contributed by atoms with E-state index in [1.165, 1.54) is 12.1 Å². The highest BCUT2D eigenvalue weighted by atomic mass is 127. The van der Waals surface area contributed by atoms with E-state index in [2.05, 4.69) is 73.6 Å². The first kappa shape index (κ1) is 25.0. The number of rotatable bonds is 10. The van der Waals surface area contributed by atoms with Gasteiger partial charge < -0.3 is 20.3 Å². The minimum Gasteiger partial charge on any atom is -0.378 e. The highest BCUT2D eigenvalue weighted by Gasteiger charge is 2.22. The van der Waals surface area contributed by atoms with Gasteiger partial charge in [0.15, 0.2) is 5.96 Å². The fourth-order valence-electron chi connectivity index (χ4n) is 3.57. The Hall–Kier alpha value is -1.02. The molecular formula is C22H39IN4O. The molecule has 0 spiro atoms. The fourth-order valence-corrected chi connectivity index (χ4v) is 3.57. The van der Waals surface area contributed by atoms with Crippen LogP contribution in [0.5, 0.6) is 0 Å².